The molecule has 1 unspecified atom stereocenters. The molecule has 0 radical (unpaired) electrons. The Bertz CT molecular complexity index is 393. The molecule has 0 spiro atoms. The Morgan fingerprint density at radius 2 is 2.33 bits per heavy atom. The number of nitrogens with zero attached hydrogens (tertiary/aromatic N) is 3. The Kier molecular flexibility index (Phi) is 4.36. The lowest BCUT2D eigenvalue weighted by Gasteiger charge is -2.21. The number of likely N-dealkylation sites (N-methyl/N-ethyl adjacent to an activating group) is 1. The van der Waals surface area contributed by atoms with Crippen molar-refractivity contribution in [2.45, 2.75) is 38.6 Å². The van der Waals surface area contributed by atoms with Gasteiger partial charge in [-0.3, -0.25) is 0 Å². The third kappa shape index (κ3) is 2.90. The van der Waals surface area contributed by atoms with Crippen LogP contribution in [0.5, 0.6) is 0 Å². The molecular formula is C13H23N5. The third-order valence-electron chi connectivity index (χ3n) is 3.66. The monoisotopic (exact) mass is 249 g/mol. The SMILES string of the molecule is CCCc1c(N)ncnc1NCC1CCCN1C. The normalized spacial score (nSPS) is 20.2. The van der Waals surface area contributed by atoms with Gasteiger partial charge in [0.2, 0.25) is 0 Å². The molecule has 0 amide bonds. The highest BCUT2D eigenvalue weighted by Gasteiger charge is 2.21. The molecule has 2 heterocycles. The van der Waals surface area contributed by atoms with Crippen LogP contribution in [0.4, 0.5) is 11.6 Å². The zero-order valence-corrected chi connectivity index (χ0v) is 11.3. The van der Waals surface area contributed by atoms with Gasteiger partial charge in [-0.25, -0.2) is 9.97 Å². The van der Waals surface area contributed by atoms with Crippen molar-refractivity contribution in [2.75, 3.05) is 31.2 Å². The molecule has 1 aliphatic rings. The second-order valence-corrected chi connectivity index (χ2v) is 4.99. The van der Waals surface area contributed by atoms with E-state index in [2.05, 4.69) is 34.2 Å². The van der Waals surface area contributed by atoms with Crippen LogP contribution in [-0.4, -0.2) is 41.0 Å². The van der Waals surface area contributed by atoms with E-state index in [9.17, 15) is 0 Å². The van der Waals surface area contributed by atoms with Gasteiger partial charge in [0, 0.05) is 18.2 Å². The van der Waals surface area contributed by atoms with E-state index in [1.807, 2.05) is 0 Å². The van der Waals surface area contributed by atoms with Crippen molar-refractivity contribution < 1.29 is 0 Å². The minimum absolute atomic E-state index is 0.606. The maximum absolute atomic E-state index is 5.92. The second-order valence-electron chi connectivity index (χ2n) is 4.99. The van der Waals surface area contributed by atoms with Gasteiger partial charge in [-0.1, -0.05) is 13.3 Å². The summed E-state index contributed by atoms with van der Waals surface area (Å²) >= 11 is 0. The zero-order chi connectivity index (χ0) is 13.0. The summed E-state index contributed by atoms with van der Waals surface area (Å²) in [5, 5.41) is 3.44. The molecule has 1 aromatic rings. The first kappa shape index (κ1) is 13.1. The fraction of sp³-hybridized carbons (Fsp3) is 0.692. The summed E-state index contributed by atoms with van der Waals surface area (Å²) < 4.78 is 0. The molecule has 1 saturated heterocycles. The molecule has 5 nitrogen and oxygen atoms in total. The maximum Gasteiger partial charge on any atom is 0.134 e. The summed E-state index contributed by atoms with van der Waals surface area (Å²) in [6.45, 7) is 4.27. The van der Waals surface area contributed by atoms with E-state index < -0.39 is 0 Å². The van der Waals surface area contributed by atoms with Crippen LogP contribution in [0.2, 0.25) is 0 Å². The number of nitrogen functional groups attached to an aromatic ring is 1. The van der Waals surface area contributed by atoms with Gasteiger partial charge in [-0.15, -0.1) is 0 Å². The van der Waals surface area contributed by atoms with Gasteiger partial charge in [0.15, 0.2) is 0 Å². The fourth-order valence-electron chi connectivity index (χ4n) is 2.53. The molecule has 0 aromatic carbocycles. The van der Waals surface area contributed by atoms with Crippen LogP contribution in [-0.2, 0) is 6.42 Å². The average Bonchev–Trinajstić information content (AvgIpc) is 2.76. The van der Waals surface area contributed by atoms with Gasteiger partial charge in [-0.05, 0) is 32.9 Å². The number of rotatable bonds is 5. The fourth-order valence-corrected chi connectivity index (χ4v) is 2.53. The lowest BCUT2D eigenvalue weighted by molar-refractivity contribution is 0.322. The minimum atomic E-state index is 0.606. The van der Waals surface area contributed by atoms with Gasteiger partial charge in [0.25, 0.3) is 0 Å². The Morgan fingerprint density at radius 1 is 1.50 bits per heavy atom. The Morgan fingerprint density at radius 3 is 3.00 bits per heavy atom. The summed E-state index contributed by atoms with van der Waals surface area (Å²) in [6.07, 6.45) is 6.06. The molecular weight excluding hydrogens is 226 g/mol. The Labute approximate surface area is 109 Å². The lowest BCUT2D eigenvalue weighted by Crippen LogP contribution is -2.32. The molecule has 3 N–H and O–H groups in total. The second kappa shape index (κ2) is 6.00. The van der Waals surface area contributed by atoms with Gasteiger partial charge in [-0.2, -0.15) is 0 Å². The zero-order valence-electron chi connectivity index (χ0n) is 11.3. The van der Waals surface area contributed by atoms with Crippen molar-refractivity contribution in [3.63, 3.8) is 0 Å². The molecule has 1 aliphatic heterocycles. The summed E-state index contributed by atoms with van der Waals surface area (Å²) in [5.41, 5.74) is 6.97. The molecule has 0 saturated carbocycles. The smallest absolute Gasteiger partial charge is 0.134 e. The first-order valence-electron chi connectivity index (χ1n) is 6.75. The van der Waals surface area contributed by atoms with Crippen molar-refractivity contribution in [2.24, 2.45) is 0 Å². The van der Waals surface area contributed by atoms with Crippen molar-refractivity contribution in [1.29, 1.82) is 0 Å². The van der Waals surface area contributed by atoms with Crippen molar-refractivity contribution in [1.82, 2.24) is 14.9 Å². The number of hydrogen-bond acceptors (Lipinski definition) is 5. The number of hydrogen-bond donors (Lipinski definition) is 2. The summed E-state index contributed by atoms with van der Waals surface area (Å²) in [4.78, 5) is 10.8. The molecule has 2 rings (SSSR count). The quantitative estimate of drug-likeness (QED) is 0.828. The van der Waals surface area contributed by atoms with Gasteiger partial charge in [0.1, 0.15) is 18.0 Å². The summed E-state index contributed by atoms with van der Waals surface area (Å²) in [6, 6.07) is 0.607. The Balaban J connectivity index is 2.02. The molecule has 1 aromatic heterocycles. The highest BCUT2D eigenvalue weighted by molar-refractivity contribution is 5.55. The standard InChI is InChI=1S/C13H23N5/c1-3-5-11-12(14)16-9-17-13(11)15-8-10-6-4-7-18(10)2/h9-10H,3-8H2,1-2H3,(H3,14,15,16,17). The predicted molar refractivity (Wildman–Crippen MR) is 74.6 cm³/mol. The van der Waals surface area contributed by atoms with E-state index in [1.54, 1.807) is 0 Å². The molecule has 1 fully saturated rings. The van der Waals surface area contributed by atoms with E-state index in [-0.39, 0.29) is 0 Å². The number of anilines is 2. The first-order valence-corrected chi connectivity index (χ1v) is 6.75. The minimum Gasteiger partial charge on any atom is -0.383 e. The maximum atomic E-state index is 5.92. The van der Waals surface area contributed by atoms with Crippen LogP contribution in [0.15, 0.2) is 6.33 Å². The van der Waals surface area contributed by atoms with Crippen molar-refractivity contribution >= 4 is 11.6 Å². The van der Waals surface area contributed by atoms with Gasteiger partial charge in [0.05, 0.1) is 0 Å². The Hall–Kier alpha value is -1.36. The highest BCUT2D eigenvalue weighted by atomic mass is 15.2. The molecule has 5 heteroatoms. The summed E-state index contributed by atoms with van der Waals surface area (Å²) in [5.74, 6) is 1.51. The van der Waals surface area contributed by atoms with Crippen LogP contribution in [0, 0.1) is 0 Å². The molecule has 100 valence electrons. The van der Waals surface area contributed by atoms with Gasteiger partial charge >= 0.3 is 0 Å². The summed E-state index contributed by atoms with van der Waals surface area (Å²) in [7, 11) is 2.18. The van der Waals surface area contributed by atoms with Gasteiger partial charge < -0.3 is 16.0 Å². The van der Waals surface area contributed by atoms with E-state index in [0.29, 0.717) is 11.9 Å². The lowest BCUT2D eigenvalue weighted by atomic mass is 10.1. The van der Waals surface area contributed by atoms with Crippen LogP contribution >= 0.6 is 0 Å². The van der Waals surface area contributed by atoms with Crippen LogP contribution in [0.3, 0.4) is 0 Å². The van der Waals surface area contributed by atoms with E-state index in [0.717, 1.165) is 30.8 Å². The van der Waals surface area contributed by atoms with Crippen molar-refractivity contribution in [3.05, 3.63) is 11.9 Å². The van der Waals surface area contributed by atoms with E-state index in [1.165, 1.54) is 25.7 Å². The van der Waals surface area contributed by atoms with Crippen LogP contribution in [0.25, 0.3) is 0 Å². The van der Waals surface area contributed by atoms with E-state index in [4.69, 9.17) is 5.73 Å². The average molecular weight is 249 g/mol. The number of aromatic nitrogens is 2. The molecule has 1 atom stereocenters. The van der Waals surface area contributed by atoms with E-state index >= 15 is 0 Å². The molecule has 0 aliphatic carbocycles. The first-order chi connectivity index (χ1) is 8.72. The van der Waals surface area contributed by atoms with Crippen LogP contribution in [0.1, 0.15) is 31.7 Å². The number of nitrogens with two attached hydrogens (primary N) is 1. The number of nitrogens with one attached hydrogen (secondary N) is 1. The highest BCUT2D eigenvalue weighted by Crippen LogP contribution is 2.20. The van der Waals surface area contributed by atoms with Crippen molar-refractivity contribution in [3.8, 4) is 0 Å². The third-order valence-corrected chi connectivity index (χ3v) is 3.66. The largest absolute Gasteiger partial charge is 0.383 e. The van der Waals surface area contributed by atoms with Crippen LogP contribution < -0.4 is 11.1 Å². The molecule has 18 heavy (non-hydrogen) atoms. The predicted octanol–water partition coefficient (Wildman–Crippen LogP) is 1.52. The topological polar surface area (TPSA) is 67.1 Å². The number of likely N-dealkylation sites (tertiary alicyclic amines) is 1. The molecule has 0 bridgehead atoms.